The highest BCUT2D eigenvalue weighted by Gasteiger charge is 2.32. The highest BCUT2D eigenvalue weighted by molar-refractivity contribution is 5.95. The van der Waals surface area contributed by atoms with E-state index < -0.39 is 0 Å². The summed E-state index contributed by atoms with van der Waals surface area (Å²) in [6, 6.07) is 6.96. The number of rotatable bonds is 6. The summed E-state index contributed by atoms with van der Waals surface area (Å²) in [7, 11) is 1.53. The first-order chi connectivity index (χ1) is 12.5. The molecular formula is C19H24N4O3. The van der Waals surface area contributed by atoms with E-state index in [1.54, 1.807) is 12.1 Å². The van der Waals surface area contributed by atoms with Gasteiger partial charge < -0.3 is 19.5 Å². The van der Waals surface area contributed by atoms with Gasteiger partial charge in [0.05, 0.1) is 18.7 Å². The van der Waals surface area contributed by atoms with Crippen molar-refractivity contribution in [3.8, 4) is 5.88 Å². The monoisotopic (exact) mass is 356 g/mol. The number of amides is 2. The van der Waals surface area contributed by atoms with Crippen LogP contribution in [0.1, 0.15) is 34.7 Å². The molecule has 7 heteroatoms. The Kier molecular flexibility index (Phi) is 5.25. The van der Waals surface area contributed by atoms with E-state index in [-0.39, 0.29) is 17.9 Å². The predicted molar refractivity (Wildman–Crippen MR) is 97.2 cm³/mol. The normalized spacial score (nSPS) is 16.5. The summed E-state index contributed by atoms with van der Waals surface area (Å²) in [5, 5.41) is 2.93. The molecule has 1 N–H and O–H groups in total. The van der Waals surface area contributed by atoms with Gasteiger partial charge in [0.15, 0.2) is 0 Å². The summed E-state index contributed by atoms with van der Waals surface area (Å²) in [4.78, 5) is 31.1. The predicted octanol–water partition coefficient (Wildman–Crippen LogP) is 1.80. The number of pyridine rings is 1. The molecule has 138 valence electrons. The van der Waals surface area contributed by atoms with Crippen LogP contribution in [-0.2, 0) is 6.54 Å². The van der Waals surface area contributed by atoms with Gasteiger partial charge in [0.1, 0.15) is 5.69 Å². The molecule has 0 saturated carbocycles. The third-order valence-electron chi connectivity index (χ3n) is 4.43. The fourth-order valence-corrected chi connectivity index (χ4v) is 3.15. The second-order valence-corrected chi connectivity index (χ2v) is 6.85. The van der Waals surface area contributed by atoms with Gasteiger partial charge in [-0.1, -0.05) is 13.8 Å². The SMILES string of the molecule is COc1ccc(C(=O)NCC2Cn3cccc3C(=O)N2CC(C)C)cn1. The molecule has 2 aromatic rings. The second kappa shape index (κ2) is 7.59. The van der Waals surface area contributed by atoms with E-state index in [2.05, 4.69) is 24.1 Å². The average Bonchev–Trinajstić information content (AvgIpc) is 3.11. The fraction of sp³-hybridized carbons (Fsp3) is 0.421. The summed E-state index contributed by atoms with van der Waals surface area (Å²) in [5.41, 5.74) is 1.16. The number of nitrogens with zero attached hydrogens (tertiary/aromatic N) is 3. The van der Waals surface area contributed by atoms with Crippen molar-refractivity contribution in [1.29, 1.82) is 0 Å². The van der Waals surface area contributed by atoms with Gasteiger partial charge in [0.2, 0.25) is 5.88 Å². The maximum Gasteiger partial charge on any atom is 0.270 e. The molecule has 0 aromatic carbocycles. The van der Waals surface area contributed by atoms with Crippen molar-refractivity contribution >= 4 is 11.8 Å². The Morgan fingerprint density at radius 2 is 2.19 bits per heavy atom. The minimum Gasteiger partial charge on any atom is -0.481 e. The summed E-state index contributed by atoms with van der Waals surface area (Å²) in [6.45, 7) is 5.89. The molecule has 1 aliphatic rings. The van der Waals surface area contributed by atoms with Crippen molar-refractivity contribution in [2.24, 2.45) is 5.92 Å². The molecule has 2 aromatic heterocycles. The topological polar surface area (TPSA) is 76.5 Å². The standard InChI is InChI=1S/C19H24N4O3/c1-13(2)11-23-15(12-22-8-4-5-16(22)19(23)25)10-21-18(24)14-6-7-17(26-3)20-9-14/h4-9,13,15H,10-12H2,1-3H3,(H,21,24). The van der Waals surface area contributed by atoms with E-state index in [0.29, 0.717) is 42.7 Å². The van der Waals surface area contributed by atoms with Crippen LogP contribution in [0.15, 0.2) is 36.7 Å². The molecule has 1 unspecified atom stereocenters. The molecule has 0 fully saturated rings. The van der Waals surface area contributed by atoms with Crippen LogP contribution in [0.4, 0.5) is 0 Å². The van der Waals surface area contributed by atoms with Gasteiger partial charge >= 0.3 is 0 Å². The van der Waals surface area contributed by atoms with Crippen LogP contribution in [0.2, 0.25) is 0 Å². The number of carbonyl (C=O) groups excluding carboxylic acids is 2. The van der Waals surface area contributed by atoms with Crippen LogP contribution >= 0.6 is 0 Å². The summed E-state index contributed by atoms with van der Waals surface area (Å²) < 4.78 is 6.95. The lowest BCUT2D eigenvalue weighted by atomic mass is 10.1. The Morgan fingerprint density at radius 3 is 2.85 bits per heavy atom. The second-order valence-electron chi connectivity index (χ2n) is 6.85. The van der Waals surface area contributed by atoms with Crippen LogP contribution in [-0.4, -0.2) is 52.5 Å². The minimum absolute atomic E-state index is 0.0142. The lowest BCUT2D eigenvalue weighted by Crippen LogP contribution is -2.53. The molecule has 7 nitrogen and oxygen atoms in total. The molecule has 3 heterocycles. The lowest BCUT2D eigenvalue weighted by molar-refractivity contribution is 0.0554. The highest BCUT2D eigenvalue weighted by Crippen LogP contribution is 2.19. The first-order valence-electron chi connectivity index (χ1n) is 8.74. The maximum atomic E-state index is 12.8. The number of aromatic nitrogens is 2. The number of hydrogen-bond acceptors (Lipinski definition) is 4. The van der Waals surface area contributed by atoms with Crippen molar-refractivity contribution in [3.63, 3.8) is 0 Å². The average molecular weight is 356 g/mol. The summed E-state index contributed by atoms with van der Waals surface area (Å²) in [6.07, 6.45) is 3.39. The van der Waals surface area contributed by atoms with Crippen molar-refractivity contribution in [3.05, 3.63) is 47.9 Å². The number of ether oxygens (including phenoxy) is 1. The van der Waals surface area contributed by atoms with E-state index in [9.17, 15) is 9.59 Å². The van der Waals surface area contributed by atoms with Gasteiger partial charge in [-0.25, -0.2) is 4.98 Å². The number of methoxy groups -OCH3 is 1. The third kappa shape index (κ3) is 3.71. The number of nitrogens with one attached hydrogen (secondary N) is 1. The van der Waals surface area contributed by atoms with Crippen molar-refractivity contribution in [2.45, 2.75) is 26.4 Å². The van der Waals surface area contributed by atoms with Crippen LogP contribution in [0.25, 0.3) is 0 Å². The minimum atomic E-state index is -0.213. The van der Waals surface area contributed by atoms with E-state index in [0.717, 1.165) is 0 Å². The maximum absolute atomic E-state index is 12.8. The Bertz CT molecular complexity index is 782. The van der Waals surface area contributed by atoms with Gasteiger partial charge in [-0.2, -0.15) is 0 Å². The van der Waals surface area contributed by atoms with E-state index in [4.69, 9.17) is 4.74 Å². The number of carbonyl (C=O) groups is 2. The zero-order chi connectivity index (χ0) is 18.7. The van der Waals surface area contributed by atoms with Crippen LogP contribution in [0.3, 0.4) is 0 Å². The molecule has 0 bridgehead atoms. The first-order valence-corrected chi connectivity index (χ1v) is 8.74. The highest BCUT2D eigenvalue weighted by atomic mass is 16.5. The Balaban J connectivity index is 1.70. The summed E-state index contributed by atoms with van der Waals surface area (Å²) in [5.74, 6) is 0.614. The molecule has 1 atom stereocenters. The van der Waals surface area contributed by atoms with E-state index in [1.165, 1.54) is 13.3 Å². The van der Waals surface area contributed by atoms with Crippen LogP contribution in [0.5, 0.6) is 5.88 Å². The largest absolute Gasteiger partial charge is 0.481 e. The quantitative estimate of drug-likeness (QED) is 0.856. The molecule has 0 radical (unpaired) electrons. The zero-order valence-electron chi connectivity index (χ0n) is 15.3. The molecular weight excluding hydrogens is 332 g/mol. The molecule has 0 saturated heterocycles. The molecule has 0 aliphatic carbocycles. The molecule has 0 spiro atoms. The lowest BCUT2D eigenvalue weighted by Gasteiger charge is -2.37. The van der Waals surface area contributed by atoms with Crippen molar-refractivity contribution in [2.75, 3.05) is 20.2 Å². The Morgan fingerprint density at radius 1 is 1.38 bits per heavy atom. The van der Waals surface area contributed by atoms with Crippen LogP contribution in [0, 0.1) is 5.92 Å². The third-order valence-corrected chi connectivity index (χ3v) is 4.43. The molecule has 26 heavy (non-hydrogen) atoms. The molecule has 1 aliphatic heterocycles. The van der Waals surface area contributed by atoms with Crippen molar-refractivity contribution < 1.29 is 14.3 Å². The van der Waals surface area contributed by atoms with E-state index in [1.807, 2.05) is 27.8 Å². The summed E-state index contributed by atoms with van der Waals surface area (Å²) >= 11 is 0. The molecule has 2 amide bonds. The van der Waals surface area contributed by atoms with Gasteiger partial charge in [0, 0.05) is 38.1 Å². The van der Waals surface area contributed by atoms with Gasteiger partial charge in [-0.05, 0) is 24.1 Å². The van der Waals surface area contributed by atoms with Gasteiger partial charge in [0.25, 0.3) is 11.8 Å². The molecule has 3 rings (SSSR count). The van der Waals surface area contributed by atoms with E-state index >= 15 is 0 Å². The zero-order valence-corrected chi connectivity index (χ0v) is 15.3. The van der Waals surface area contributed by atoms with Gasteiger partial charge in [-0.15, -0.1) is 0 Å². The number of hydrogen-bond donors (Lipinski definition) is 1. The smallest absolute Gasteiger partial charge is 0.270 e. The van der Waals surface area contributed by atoms with Crippen LogP contribution < -0.4 is 10.1 Å². The Labute approximate surface area is 153 Å². The van der Waals surface area contributed by atoms with Crippen molar-refractivity contribution in [1.82, 2.24) is 19.8 Å². The fourth-order valence-electron chi connectivity index (χ4n) is 3.15. The first kappa shape index (κ1) is 18.0. The number of fused-ring (bicyclic) bond motifs is 1. The van der Waals surface area contributed by atoms with Gasteiger partial charge in [-0.3, -0.25) is 9.59 Å². The Hall–Kier alpha value is -2.83.